The Kier molecular flexibility index (Phi) is 2.43. The number of aromatic nitrogens is 1. The first-order chi connectivity index (χ1) is 7.47. The minimum Gasteiger partial charge on any atom is -0.358 e. The lowest BCUT2D eigenvalue weighted by molar-refractivity contribution is -0.109. The number of hydrogen-bond donors (Lipinski definition) is 1. The average molecular weight is 220 g/mol. The maximum absolute atomic E-state index is 14.0. The van der Waals surface area contributed by atoms with Crippen LogP contribution in [0, 0.1) is 25.2 Å². The van der Waals surface area contributed by atoms with Gasteiger partial charge in [0, 0.05) is 17.7 Å². The van der Waals surface area contributed by atoms with Crippen molar-refractivity contribution in [3.8, 4) is 6.07 Å². The third kappa shape index (κ3) is 1.48. The number of aliphatic hydroxyl groups is 1. The van der Waals surface area contributed by atoms with Crippen molar-refractivity contribution in [1.29, 1.82) is 5.26 Å². The van der Waals surface area contributed by atoms with Gasteiger partial charge in [-0.3, -0.25) is 4.98 Å². The van der Waals surface area contributed by atoms with Gasteiger partial charge in [-0.2, -0.15) is 5.26 Å². The molecule has 0 amide bonds. The topological polar surface area (TPSA) is 56.9 Å². The Bertz CT molecular complexity index is 489. The van der Waals surface area contributed by atoms with Crippen LogP contribution in [0.4, 0.5) is 4.39 Å². The van der Waals surface area contributed by atoms with E-state index < -0.39 is 5.85 Å². The van der Waals surface area contributed by atoms with E-state index in [-0.39, 0.29) is 12.0 Å². The van der Waals surface area contributed by atoms with Gasteiger partial charge in [0.15, 0.2) is 0 Å². The monoisotopic (exact) mass is 220 g/mol. The highest BCUT2D eigenvalue weighted by molar-refractivity contribution is 5.49. The number of nitriles is 1. The summed E-state index contributed by atoms with van der Waals surface area (Å²) in [6, 6.07) is 2.05. The Hall–Kier alpha value is -1.47. The fraction of sp³-hybridized carbons (Fsp3) is 0.500. The Labute approximate surface area is 93.6 Å². The first-order valence-corrected chi connectivity index (χ1v) is 5.29. The second kappa shape index (κ2) is 3.53. The Morgan fingerprint density at radius 1 is 1.44 bits per heavy atom. The lowest BCUT2D eigenvalue weighted by atomic mass is 9.84. The summed E-state index contributed by atoms with van der Waals surface area (Å²) in [5.41, 5.74) is 2.34. The highest BCUT2D eigenvalue weighted by atomic mass is 19.2. The van der Waals surface area contributed by atoms with Crippen LogP contribution >= 0.6 is 0 Å². The molecule has 1 aliphatic rings. The van der Waals surface area contributed by atoms with Crippen molar-refractivity contribution < 1.29 is 9.50 Å². The number of halogens is 1. The van der Waals surface area contributed by atoms with Gasteiger partial charge < -0.3 is 5.11 Å². The predicted octanol–water partition coefficient (Wildman–Crippen LogP) is 2.02. The highest BCUT2D eigenvalue weighted by Crippen LogP contribution is 2.39. The molecule has 2 rings (SSSR count). The summed E-state index contributed by atoms with van der Waals surface area (Å²) in [5, 5.41) is 18.7. The maximum atomic E-state index is 14.0. The van der Waals surface area contributed by atoms with Gasteiger partial charge in [0.05, 0.1) is 11.3 Å². The molecule has 0 aliphatic heterocycles. The van der Waals surface area contributed by atoms with Crippen molar-refractivity contribution in [3.63, 3.8) is 0 Å². The van der Waals surface area contributed by atoms with Crippen molar-refractivity contribution >= 4 is 0 Å². The SMILES string of the molecule is Cc1nc(C)c2c(c1C#N)CCCC2(O)F. The normalized spacial score (nSPS) is 23.7. The molecular weight excluding hydrogens is 207 g/mol. The van der Waals surface area contributed by atoms with Crippen molar-refractivity contribution in [2.75, 3.05) is 0 Å². The molecule has 1 N–H and O–H groups in total. The number of aryl methyl sites for hydroxylation is 2. The average Bonchev–Trinajstić information content (AvgIpc) is 2.16. The standard InChI is InChI=1S/C12H13FN2O/c1-7-10(6-14)9-4-3-5-12(13,16)11(9)8(2)15-7/h16H,3-5H2,1-2H3. The smallest absolute Gasteiger partial charge is 0.235 e. The molecule has 84 valence electrons. The summed E-state index contributed by atoms with van der Waals surface area (Å²) < 4.78 is 14.0. The molecule has 3 nitrogen and oxygen atoms in total. The van der Waals surface area contributed by atoms with E-state index in [2.05, 4.69) is 4.98 Å². The van der Waals surface area contributed by atoms with Crippen LogP contribution in [0.3, 0.4) is 0 Å². The van der Waals surface area contributed by atoms with Gasteiger partial charge >= 0.3 is 0 Å². The van der Waals surface area contributed by atoms with Crippen LogP contribution < -0.4 is 0 Å². The van der Waals surface area contributed by atoms with Gasteiger partial charge in [-0.1, -0.05) is 0 Å². The summed E-state index contributed by atoms with van der Waals surface area (Å²) >= 11 is 0. The number of pyridine rings is 1. The van der Waals surface area contributed by atoms with E-state index in [1.807, 2.05) is 6.07 Å². The highest BCUT2D eigenvalue weighted by Gasteiger charge is 2.38. The molecule has 1 aromatic rings. The van der Waals surface area contributed by atoms with Crippen LogP contribution in [0.1, 0.15) is 40.9 Å². The number of hydrogen-bond acceptors (Lipinski definition) is 3. The number of alkyl halides is 1. The minimum atomic E-state index is -2.33. The Morgan fingerprint density at radius 2 is 2.12 bits per heavy atom. The van der Waals surface area contributed by atoms with Crippen LogP contribution in [0.5, 0.6) is 0 Å². The lowest BCUT2D eigenvalue weighted by Gasteiger charge is -2.29. The minimum absolute atomic E-state index is 0.0798. The van der Waals surface area contributed by atoms with Crippen molar-refractivity contribution in [2.45, 2.75) is 39.0 Å². The summed E-state index contributed by atoms with van der Waals surface area (Å²) in [7, 11) is 0. The molecule has 0 saturated carbocycles. The van der Waals surface area contributed by atoms with Crippen molar-refractivity contribution in [2.24, 2.45) is 0 Å². The molecule has 1 aliphatic carbocycles. The largest absolute Gasteiger partial charge is 0.358 e. The van der Waals surface area contributed by atoms with Gasteiger partial charge in [-0.25, -0.2) is 4.39 Å². The van der Waals surface area contributed by atoms with Gasteiger partial charge in [0.25, 0.3) is 0 Å². The van der Waals surface area contributed by atoms with Gasteiger partial charge in [0.2, 0.25) is 5.85 Å². The quantitative estimate of drug-likeness (QED) is 0.727. The maximum Gasteiger partial charge on any atom is 0.235 e. The fourth-order valence-electron chi connectivity index (χ4n) is 2.46. The van der Waals surface area contributed by atoms with Crippen molar-refractivity contribution in [1.82, 2.24) is 4.98 Å². The number of nitrogens with zero attached hydrogens (tertiary/aromatic N) is 2. The molecule has 1 heterocycles. The van der Waals surface area contributed by atoms with E-state index in [1.165, 1.54) is 0 Å². The molecule has 0 saturated heterocycles. The molecule has 0 aromatic carbocycles. The van der Waals surface area contributed by atoms with Crippen molar-refractivity contribution in [3.05, 3.63) is 28.1 Å². The van der Waals surface area contributed by atoms with E-state index in [4.69, 9.17) is 5.26 Å². The van der Waals surface area contributed by atoms with E-state index >= 15 is 0 Å². The first-order valence-electron chi connectivity index (χ1n) is 5.29. The van der Waals surface area contributed by atoms with Crippen LogP contribution in [0.25, 0.3) is 0 Å². The lowest BCUT2D eigenvalue weighted by Crippen LogP contribution is -2.28. The molecular formula is C12H13FN2O. The van der Waals surface area contributed by atoms with Gasteiger partial charge in [-0.05, 0) is 32.3 Å². The zero-order valence-corrected chi connectivity index (χ0v) is 9.34. The zero-order chi connectivity index (χ0) is 11.9. The molecule has 1 aromatic heterocycles. The Balaban J connectivity index is 2.78. The number of rotatable bonds is 0. The summed E-state index contributed by atoms with van der Waals surface area (Å²) in [6.07, 6.45) is 1.27. The molecule has 16 heavy (non-hydrogen) atoms. The van der Waals surface area contributed by atoms with E-state index in [0.717, 1.165) is 0 Å². The molecule has 0 radical (unpaired) electrons. The molecule has 4 heteroatoms. The fourth-order valence-corrected chi connectivity index (χ4v) is 2.46. The van der Waals surface area contributed by atoms with Gasteiger partial charge in [0.1, 0.15) is 6.07 Å². The van der Waals surface area contributed by atoms with E-state index in [0.29, 0.717) is 35.4 Å². The second-order valence-corrected chi connectivity index (χ2v) is 4.24. The van der Waals surface area contributed by atoms with E-state index in [1.54, 1.807) is 13.8 Å². The third-order valence-electron chi connectivity index (χ3n) is 3.09. The summed E-state index contributed by atoms with van der Waals surface area (Å²) in [4.78, 5) is 4.13. The third-order valence-corrected chi connectivity index (χ3v) is 3.09. The predicted molar refractivity (Wildman–Crippen MR) is 56.4 cm³/mol. The van der Waals surface area contributed by atoms with Crippen LogP contribution in [-0.4, -0.2) is 10.1 Å². The summed E-state index contributed by atoms with van der Waals surface area (Å²) in [5.74, 6) is -2.33. The molecule has 1 atom stereocenters. The van der Waals surface area contributed by atoms with Crippen LogP contribution in [0.2, 0.25) is 0 Å². The first kappa shape index (κ1) is 11.0. The Morgan fingerprint density at radius 3 is 2.75 bits per heavy atom. The summed E-state index contributed by atoms with van der Waals surface area (Å²) in [6.45, 7) is 3.40. The van der Waals surface area contributed by atoms with Crippen LogP contribution in [-0.2, 0) is 12.3 Å². The van der Waals surface area contributed by atoms with E-state index in [9.17, 15) is 9.50 Å². The molecule has 0 fully saturated rings. The molecule has 1 unspecified atom stereocenters. The zero-order valence-electron chi connectivity index (χ0n) is 9.34. The molecule has 0 spiro atoms. The van der Waals surface area contributed by atoms with Crippen LogP contribution in [0.15, 0.2) is 0 Å². The van der Waals surface area contributed by atoms with Gasteiger partial charge in [-0.15, -0.1) is 0 Å². The number of fused-ring (bicyclic) bond motifs is 1. The molecule has 0 bridgehead atoms. The second-order valence-electron chi connectivity index (χ2n) is 4.24.